The van der Waals surface area contributed by atoms with Gasteiger partial charge in [0.1, 0.15) is 0 Å². The van der Waals surface area contributed by atoms with Crippen molar-refractivity contribution in [2.75, 3.05) is 7.11 Å². The molecule has 0 aliphatic rings. The van der Waals surface area contributed by atoms with E-state index in [4.69, 9.17) is 0 Å². The molecule has 0 saturated heterocycles. The maximum atomic E-state index is 10.7. The molecule has 0 N–H and O–H groups in total. The summed E-state index contributed by atoms with van der Waals surface area (Å²) in [6.45, 7) is 3.74. The van der Waals surface area contributed by atoms with Crippen molar-refractivity contribution < 1.29 is 9.53 Å². The van der Waals surface area contributed by atoms with Crippen LogP contribution in [0.1, 0.15) is 44.9 Å². The highest BCUT2D eigenvalue weighted by Crippen LogP contribution is 2.00. The fourth-order valence-corrected chi connectivity index (χ4v) is 0.975. The predicted octanol–water partition coefficient (Wildman–Crippen LogP) is 2.73. The summed E-state index contributed by atoms with van der Waals surface area (Å²) >= 11 is 0. The Morgan fingerprint density at radius 2 is 1.86 bits per heavy atom. The standard InChI is InChI=1S/C12H19O2/c1-3-4-5-6-7-8-9-10-11-12(13)14-2/h1,3-5,8-11H2,2H3. The molecule has 1 radical (unpaired) electrons. The average molecular weight is 195 g/mol. The minimum atomic E-state index is -0.130. The van der Waals surface area contributed by atoms with Crippen LogP contribution in [0, 0.1) is 18.8 Å². The van der Waals surface area contributed by atoms with E-state index in [1.54, 1.807) is 0 Å². The van der Waals surface area contributed by atoms with Gasteiger partial charge in [-0.05, 0) is 19.3 Å². The van der Waals surface area contributed by atoms with Crippen molar-refractivity contribution in [2.45, 2.75) is 44.9 Å². The summed E-state index contributed by atoms with van der Waals surface area (Å²) < 4.78 is 4.53. The Hall–Kier alpha value is -0.970. The number of hydrogen-bond acceptors (Lipinski definition) is 2. The van der Waals surface area contributed by atoms with Gasteiger partial charge in [0.15, 0.2) is 0 Å². The van der Waals surface area contributed by atoms with Crippen molar-refractivity contribution in [2.24, 2.45) is 0 Å². The van der Waals surface area contributed by atoms with Crippen molar-refractivity contribution in [1.82, 2.24) is 0 Å². The molecule has 2 nitrogen and oxygen atoms in total. The molecule has 0 saturated carbocycles. The largest absolute Gasteiger partial charge is 0.469 e. The molecule has 0 fully saturated rings. The number of hydrogen-bond donors (Lipinski definition) is 0. The fraction of sp³-hybridized carbons (Fsp3) is 0.667. The summed E-state index contributed by atoms with van der Waals surface area (Å²) in [4.78, 5) is 10.7. The lowest BCUT2D eigenvalue weighted by Gasteiger charge is -1.95. The van der Waals surface area contributed by atoms with Crippen LogP contribution in [0.5, 0.6) is 0 Å². The van der Waals surface area contributed by atoms with Crippen LogP contribution in [0.25, 0.3) is 0 Å². The van der Waals surface area contributed by atoms with Gasteiger partial charge in [-0.15, -0.1) is 11.8 Å². The molecule has 0 rings (SSSR count). The van der Waals surface area contributed by atoms with Gasteiger partial charge in [0.25, 0.3) is 0 Å². The zero-order valence-corrected chi connectivity index (χ0v) is 8.97. The number of rotatable bonds is 6. The van der Waals surface area contributed by atoms with E-state index in [1.165, 1.54) is 7.11 Å². The second kappa shape index (κ2) is 10.1. The maximum Gasteiger partial charge on any atom is 0.305 e. The third-order valence-electron chi connectivity index (χ3n) is 1.84. The van der Waals surface area contributed by atoms with Crippen LogP contribution in [0.3, 0.4) is 0 Å². The third kappa shape index (κ3) is 9.12. The first-order chi connectivity index (χ1) is 6.81. The second-order valence-corrected chi connectivity index (χ2v) is 3.09. The number of ether oxygens (including phenoxy) is 1. The molecular formula is C12H19O2. The van der Waals surface area contributed by atoms with Crippen molar-refractivity contribution in [3.05, 3.63) is 6.92 Å². The highest BCUT2D eigenvalue weighted by molar-refractivity contribution is 5.68. The molecule has 0 unspecified atom stereocenters. The Balaban J connectivity index is 3.19. The van der Waals surface area contributed by atoms with Crippen LogP contribution in [0.4, 0.5) is 0 Å². The Kier molecular flexibility index (Phi) is 9.41. The zero-order valence-electron chi connectivity index (χ0n) is 8.97. The van der Waals surface area contributed by atoms with E-state index in [9.17, 15) is 4.79 Å². The topological polar surface area (TPSA) is 26.3 Å². The highest BCUT2D eigenvalue weighted by atomic mass is 16.5. The number of carbonyl (C=O) groups excluding carboxylic acids is 1. The molecule has 0 aromatic heterocycles. The summed E-state index contributed by atoms with van der Waals surface area (Å²) in [6.07, 6.45) is 6.22. The third-order valence-corrected chi connectivity index (χ3v) is 1.84. The van der Waals surface area contributed by atoms with Crippen molar-refractivity contribution >= 4 is 5.97 Å². The Morgan fingerprint density at radius 3 is 2.43 bits per heavy atom. The van der Waals surface area contributed by atoms with E-state index in [0.29, 0.717) is 6.42 Å². The van der Waals surface area contributed by atoms with Crippen LogP contribution >= 0.6 is 0 Å². The normalized spacial score (nSPS) is 9.00. The minimum absolute atomic E-state index is 0.130. The van der Waals surface area contributed by atoms with E-state index in [0.717, 1.165) is 38.5 Å². The van der Waals surface area contributed by atoms with Gasteiger partial charge in [-0.3, -0.25) is 4.79 Å². The molecule has 14 heavy (non-hydrogen) atoms. The number of methoxy groups -OCH3 is 1. The zero-order chi connectivity index (χ0) is 10.6. The number of esters is 1. The predicted molar refractivity (Wildman–Crippen MR) is 57.5 cm³/mol. The summed E-state index contributed by atoms with van der Waals surface area (Å²) in [6, 6.07) is 0. The van der Waals surface area contributed by atoms with Crippen LogP contribution in [-0.4, -0.2) is 13.1 Å². The monoisotopic (exact) mass is 195 g/mol. The maximum absolute atomic E-state index is 10.7. The Morgan fingerprint density at radius 1 is 1.21 bits per heavy atom. The van der Waals surface area contributed by atoms with Crippen molar-refractivity contribution in [3.8, 4) is 11.8 Å². The number of unbranched alkanes of at least 4 members (excludes halogenated alkanes) is 4. The van der Waals surface area contributed by atoms with Crippen LogP contribution in [0.2, 0.25) is 0 Å². The average Bonchev–Trinajstić information content (AvgIpc) is 2.21. The van der Waals surface area contributed by atoms with Gasteiger partial charge in [0, 0.05) is 19.3 Å². The lowest BCUT2D eigenvalue weighted by atomic mass is 10.2. The molecule has 0 aliphatic heterocycles. The van der Waals surface area contributed by atoms with E-state index in [2.05, 4.69) is 23.5 Å². The van der Waals surface area contributed by atoms with E-state index in [-0.39, 0.29) is 5.97 Å². The van der Waals surface area contributed by atoms with Crippen LogP contribution < -0.4 is 0 Å². The molecule has 0 amide bonds. The lowest BCUT2D eigenvalue weighted by molar-refractivity contribution is -0.140. The molecule has 2 heteroatoms. The molecule has 0 aromatic rings. The summed E-state index contributed by atoms with van der Waals surface area (Å²) in [7, 11) is 1.42. The van der Waals surface area contributed by atoms with Crippen molar-refractivity contribution in [1.29, 1.82) is 0 Å². The van der Waals surface area contributed by atoms with Gasteiger partial charge < -0.3 is 4.74 Å². The first-order valence-corrected chi connectivity index (χ1v) is 5.13. The SMILES string of the molecule is [CH2]CCCC#CCCCCC(=O)OC. The van der Waals surface area contributed by atoms with Gasteiger partial charge in [0.05, 0.1) is 7.11 Å². The minimum Gasteiger partial charge on any atom is -0.469 e. The van der Waals surface area contributed by atoms with E-state index in [1.807, 2.05) is 0 Å². The molecule has 0 bridgehead atoms. The second-order valence-electron chi connectivity index (χ2n) is 3.09. The van der Waals surface area contributed by atoms with Gasteiger partial charge >= 0.3 is 5.97 Å². The quantitative estimate of drug-likeness (QED) is 0.370. The molecule has 79 valence electrons. The van der Waals surface area contributed by atoms with Crippen molar-refractivity contribution in [3.63, 3.8) is 0 Å². The molecule has 0 spiro atoms. The lowest BCUT2D eigenvalue weighted by Crippen LogP contribution is -1.98. The summed E-state index contributed by atoms with van der Waals surface area (Å²) in [5.74, 6) is 6.03. The smallest absolute Gasteiger partial charge is 0.305 e. The first kappa shape index (κ1) is 13.0. The van der Waals surface area contributed by atoms with Crippen LogP contribution in [-0.2, 0) is 9.53 Å². The van der Waals surface area contributed by atoms with E-state index < -0.39 is 0 Å². The van der Waals surface area contributed by atoms with Gasteiger partial charge in [-0.1, -0.05) is 13.3 Å². The van der Waals surface area contributed by atoms with Crippen LogP contribution in [0.15, 0.2) is 0 Å². The van der Waals surface area contributed by atoms with Gasteiger partial charge in [0.2, 0.25) is 0 Å². The van der Waals surface area contributed by atoms with Gasteiger partial charge in [-0.2, -0.15) is 0 Å². The summed E-state index contributed by atoms with van der Waals surface area (Å²) in [5.41, 5.74) is 0. The summed E-state index contributed by atoms with van der Waals surface area (Å²) in [5, 5.41) is 0. The molecule has 0 atom stereocenters. The molecule has 0 heterocycles. The Bertz CT molecular complexity index is 198. The van der Waals surface area contributed by atoms with Gasteiger partial charge in [-0.25, -0.2) is 0 Å². The first-order valence-electron chi connectivity index (χ1n) is 5.13. The fourth-order valence-electron chi connectivity index (χ4n) is 0.975. The molecule has 0 aromatic carbocycles. The Labute approximate surface area is 87.0 Å². The molecule has 0 aliphatic carbocycles. The highest BCUT2D eigenvalue weighted by Gasteiger charge is 1.97. The van der Waals surface area contributed by atoms with E-state index >= 15 is 0 Å². The number of carbonyl (C=O) groups is 1. The molecular weight excluding hydrogens is 176 g/mol.